The fourth-order valence-corrected chi connectivity index (χ4v) is 6.58. The molecule has 0 unspecified atom stereocenters. The van der Waals surface area contributed by atoms with Crippen molar-refractivity contribution in [2.75, 3.05) is 18.8 Å². The number of aryl methyl sites for hydroxylation is 1. The molecule has 2 aromatic heterocycles. The van der Waals surface area contributed by atoms with E-state index in [0.717, 1.165) is 23.5 Å². The number of hydrogen-bond acceptors (Lipinski definition) is 7. The number of nitrogens with zero attached hydrogens (tertiary/aromatic N) is 5. The van der Waals surface area contributed by atoms with Gasteiger partial charge in [-0.25, -0.2) is 9.37 Å². The highest BCUT2D eigenvalue weighted by Crippen LogP contribution is 2.36. The number of halogens is 1. The van der Waals surface area contributed by atoms with Crippen molar-refractivity contribution in [3.63, 3.8) is 0 Å². The molecular formula is C23H24FN5O2S2. The summed E-state index contributed by atoms with van der Waals surface area (Å²) in [5.41, 5.74) is 1.79. The minimum atomic E-state index is -0.314. The van der Waals surface area contributed by atoms with Crippen LogP contribution < -0.4 is 5.56 Å². The molecule has 0 N–H and O–H groups in total. The van der Waals surface area contributed by atoms with Crippen LogP contribution in [0.5, 0.6) is 0 Å². The standard InChI is InChI=1S/C23H24FN5O2S2/c1-13-14(2)25-23-29(22(13)31)16(12-32-23)10-19(30)28-9-5-6-15(11-28)20-26-27-21(33-20)17-7-3-4-8-18(17)24/h3-4,7-8,15-16H,5-6,9-12H2,1-2H3/t15-,16+/m1/s1. The number of rotatable bonds is 4. The smallest absolute Gasteiger partial charge is 0.257 e. The SMILES string of the molecule is Cc1nc2n(c(=O)c1C)[C@@H](CC(=O)N1CCC[C@@H](c3nnc(-c4ccccc4F)s3)C1)CS2. The molecule has 4 heterocycles. The summed E-state index contributed by atoms with van der Waals surface area (Å²) < 4.78 is 15.8. The van der Waals surface area contributed by atoms with Crippen LogP contribution in [-0.4, -0.2) is 49.4 Å². The molecule has 0 radical (unpaired) electrons. The summed E-state index contributed by atoms with van der Waals surface area (Å²) in [6, 6.07) is 6.38. The number of fused-ring (bicyclic) bond motifs is 1. The van der Waals surface area contributed by atoms with Gasteiger partial charge in [0.15, 0.2) is 10.2 Å². The van der Waals surface area contributed by atoms with E-state index < -0.39 is 0 Å². The Morgan fingerprint density at radius 3 is 2.88 bits per heavy atom. The van der Waals surface area contributed by atoms with E-state index in [1.165, 1.54) is 29.2 Å². The summed E-state index contributed by atoms with van der Waals surface area (Å²) >= 11 is 2.93. The Hall–Kier alpha value is -2.59. The summed E-state index contributed by atoms with van der Waals surface area (Å²) in [4.78, 5) is 32.4. The lowest BCUT2D eigenvalue weighted by atomic mass is 9.98. The molecular weight excluding hydrogens is 461 g/mol. The van der Waals surface area contributed by atoms with Crippen LogP contribution in [0.3, 0.4) is 0 Å². The second-order valence-corrected chi connectivity index (χ2v) is 10.5. The molecule has 1 saturated heterocycles. The molecule has 1 amide bonds. The average Bonchev–Trinajstić information content (AvgIpc) is 3.46. The molecule has 5 rings (SSSR count). The Morgan fingerprint density at radius 1 is 1.24 bits per heavy atom. The van der Waals surface area contributed by atoms with Gasteiger partial charge in [0.1, 0.15) is 10.8 Å². The molecule has 1 aromatic carbocycles. The summed E-state index contributed by atoms with van der Waals surface area (Å²) in [7, 11) is 0. The number of hydrogen-bond donors (Lipinski definition) is 0. The molecule has 1 fully saturated rings. The van der Waals surface area contributed by atoms with Gasteiger partial charge in [0.25, 0.3) is 5.56 Å². The maximum absolute atomic E-state index is 14.1. The lowest BCUT2D eigenvalue weighted by Gasteiger charge is -2.32. The highest BCUT2D eigenvalue weighted by atomic mass is 32.2. The largest absolute Gasteiger partial charge is 0.342 e. The fourth-order valence-electron chi connectivity index (χ4n) is 4.40. The number of carbonyl (C=O) groups excluding carboxylic acids is 1. The molecule has 2 aliphatic rings. The molecule has 0 aliphatic carbocycles. The molecule has 0 bridgehead atoms. The number of thioether (sulfide) groups is 1. The Morgan fingerprint density at radius 2 is 2.06 bits per heavy atom. The molecule has 172 valence electrons. The number of piperidine rings is 1. The van der Waals surface area contributed by atoms with Gasteiger partial charge in [0, 0.05) is 48.0 Å². The Kier molecular flexibility index (Phi) is 6.05. The van der Waals surface area contributed by atoms with Crippen molar-refractivity contribution in [2.45, 2.75) is 50.2 Å². The lowest BCUT2D eigenvalue weighted by molar-refractivity contribution is -0.133. The summed E-state index contributed by atoms with van der Waals surface area (Å²) in [5, 5.41) is 10.6. The van der Waals surface area contributed by atoms with E-state index in [9.17, 15) is 14.0 Å². The zero-order chi connectivity index (χ0) is 23.1. The normalized spacial score (nSPS) is 20.2. The first-order valence-corrected chi connectivity index (χ1v) is 12.8. The fraction of sp³-hybridized carbons (Fsp3) is 0.435. The minimum Gasteiger partial charge on any atom is -0.342 e. The summed E-state index contributed by atoms with van der Waals surface area (Å²) in [6.07, 6.45) is 2.08. The van der Waals surface area contributed by atoms with Crippen molar-refractivity contribution in [3.05, 3.63) is 56.7 Å². The molecule has 0 saturated carbocycles. The van der Waals surface area contributed by atoms with Gasteiger partial charge in [-0.3, -0.25) is 14.2 Å². The Bertz CT molecular complexity index is 1270. The molecule has 33 heavy (non-hydrogen) atoms. The van der Waals surface area contributed by atoms with Crippen LogP contribution in [0.2, 0.25) is 0 Å². The molecule has 7 nitrogen and oxygen atoms in total. The first-order chi connectivity index (χ1) is 15.9. The average molecular weight is 486 g/mol. The predicted molar refractivity (Wildman–Crippen MR) is 126 cm³/mol. The van der Waals surface area contributed by atoms with Crippen molar-refractivity contribution >= 4 is 29.0 Å². The van der Waals surface area contributed by atoms with Crippen LogP contribution in [-0.2, 0) is 4.79 Å². The topological polar surface area (TPSA) is 81.0 Å². The maximum Gasteiger partial charge on any atom is 0.257 e. The van der Waals surface area contributed by atoms with Crippen molar-refractivity contribution in [3.8, 4) is 10.6 Å². The van der Waals surface area contributed by atoms with E-state index in [0.29, 0.717) is 40.1 Å². The summed E-state index contributed by atoms with van der Waals surface area (Å²) in [5.74, 6) is 0.490. The van der Waals surface area contributed by atoms with Crippen molar-refractivity contribution in [1.29, 1.82) is 0 Å². The van der Waals surface area contributed by atoms with Gasteiger partial charge >= 0.3 is 0 Å². The van der Waals surface area contributed by atoms with E-state index in [2.05, 4.69) is 15.2 Å². The van der Waals surface area contributed by atoms with Gasteiger partial charge in [0.05, 0.1) is 6.04 Å². The van der Waals surface area contributed by atoms with E-state index >= 15 is 0 Å². The highest BCUT2D eigenvalue weighted by Gasteiger charge is 2.32. The Labute approximate surface area is 199 Å². The predicted octanol–water partition coefficient (Wildman–Crippen LogP) is 3.96. The number of benzene rings is 1. The number of amides is 1. The minimum absolute atomic E-state index is 0.0436. The molecule has 10 heteroatoms. The molecule has 3 aromatic rings. The summed E-state index contributed by atoms with van der Waals surface area (Å²) in [6.45, 7) is 4.89. The van der Waals surface area contributed by atoms with Crippen LogP contribution in [0.1, 0.15) is 47.5 Å². The van der Waals surface area contributed by atoms with Crippen LogP contribution in [0.25, 0.3) is 10.6 Å². The second kappa shape index (κ2) is 8.98. The van der Waals surface area contributed by atoms with Crippen LogP contribution in [0.15, 0.2) is 34.2 Å². The number of aromatic nitrogens is 4. The quantitative estimate of drug-likeness (QED) is 0.521. The van der Waals surface area contributed by atoms with Gasteiger partial charge in [-0.05, 0) is 38.8 Å². The third kappa shape index (κ3) is 4.21. The third-order valence-corrected chi connectivity index (χ3v) is 8.62. The van der Waals surface area contributed by atoms with E-state index in [-0.39, 0.29) is 35.7 Å². The van der Waals surface area contributed by atoms with E-state index in [1.54, 1.807) is 29.7 Å². The van der Waals surface area contributed by atoms with Crippen LogP contribution >= 0.6 is 23.1 Å². The zero-order valence-corrected chi connectivity index (χ0v) is 20.1. The van der Waals surface area contributed by atoms with Crippen molar-refractivity contribution in [2.24, 2.45) is 0 Å². The molecule has 2 atom stereocenters. The van der Waals surface area contributed by atoms with Crippen molar-refractivity contribution < 1.29 is 9.18 Å². The maximum atomic E-state index is 14.1. The first-order valence-electron chi connectivity index (χ1n) is 11.0. The second-order valence-electron chi connectivity index (χ2n) is 8.55. The van der Waals surface area contributed by atoms with E-state index in [1.807, 2.05) is 11.8 Å². The van der Waals surface area contributed by atoms with Gasteiger partial charge in [-0.1, -0.05) is 35.2 Å². The monoisotopic (exact) mass is 485 g/mol. The van der Waals surface area contributed by atoms with Crippen LogP contribution in [0.4, 0.5) is 4.39 Å². The van der Waals surface area contributed by atoms with Gasteiger partial charge in [-0.2, -0.15) is 0 Å². The first kappa shape index (κ1) is 22.2. The number of likely N-dealkylation sites (tertiary alicyclic amines) is 1. The third-order valence-electron chi connectivity index (χ3n) is 6.40. The highest BCUT2D eigenvalue weighted by molar-refractivity contribution is 7.99. The van der Waals surface area contributed by atoms with Crippen molar-refractivity contribution in [1.82, 2.24) is 24.6 Å². The molecule has 2 aliphatic heterocycles. The zero-order valence-electron chi connectivity index (χ0n) is 18.5. The van der Waals surface area contributed by atoms with Crippen LogP contribution in [0, 0.1) is 19.7 Å². The van der Waals surface area contributed by atoms with Gasteiger partial charge < -0.3 is 4.90 Å². The van der Waals surface area contributed by atoms with Gasteiger partial charge in [-0.15, -0.1) is 10.2 Å². The van der Waals surface area contributed by atoms with E-state index in [4.69, 9.17) is 0 Å². The molecule has 0 spiro atoms. The lowest BCUT2D eigenvalue weighted by Crippen LogP contribution is -2.40. The van der Waals surface area contributed by atoms with Gasteiger partial charge in [0.2, 0.25) is 5.91 Å². The number of carbonyl (C=O) groups is 1. The Balaban J connectivity index is 1.29.